The van der Waals surface area contributed by atoms with E-state index in [0.29, 0.717) is 5.02 Å². The minimum Gasteiger partial charge on any atom is -0.465 e. The molecule has 0 saturated heterocycles. The number of methoxy groups -OCH3 is 1. The Kier molecular flexibility index (Phi) is 7.78. The monoisotopic (exact) mass is 541 g/mol. The number of hydrogen-bond donors (Lipinski definition) is 2. The van der Waals surface area contributed by atoms with Crippen molar-refractivity contribution < 1.29 is 24.0 Å². The Labute approximate surface area is 211 Å². The van der Waals surface area contributed by atoms with Crippen molar-refractivity contribution in [1.82, 2.24) is 0 Å². The summed E-state index contributed by atoms with van der Waals surface area (Å²) in [6.45, 7) is 1.51. The molecule has 0 fully saturated rings. The van der Waals surface area contributed by atoms with Crippen LogP contribution >= 0.6 is 46.1 Å². The van der Waals surface area contributed by atoms with Crippen LogP contribution in [-0.4, -0.2) is 29.8 Å². The average Bonchev–Trinajstić information content (AvgIpc) is 3.11. The molecule has 34 heavy (non-hydrogen) atoms. The van der Waals surface area contributed by atoms with Crippen LogP contribution in [0.25, 0.3) is 0 Å². The van der Waals surface area contributed by atoms with Gasteiger partial charge in [-0.1, -0.05) is 34.8 Å². The summed E-state index contributed by atoms with van der Waals surface area (Å²) in [5.74, 6) is -2.14. The van der Waals surface area contributed by atoms with E-state index in [1.54, 1.807) is 6.07 Å². The summed E-state index contributed by atoms with van der Waals surface area (Å²) in [6, 6.07) is 8.03. The Morgan fingerprint density at radius 3 is 2.32 bits per heavy atom. The number of rotatable bonds is 6. The second-order valence-corrected chi connectivity index (χ2v) is 8.98. The van der Waals surface area contributed by atoms with E-state index in [0.717, 1.165) is 24.5 Å². The molecule has 1 aromatic heterocycles. The van der Waals surface area contributed by atoms with Crippen molar-refractivity contribution in [3.05, 3.63) is 83.1 Å². The van der Waals surface area contributed by atoms with E-state index < -0.39 is 28.4 Å². The predicted molar refractivity (Wildman–Crippen MR) is 131 cm³/mol. The van der Waals surface area contributed by atoms with E-state index >= 15 is 0 Å². The Bertz CT molecular complexity index is 1340. The van der Waals surface area contributed by atoms with Gasteiger partial charge in [0.1, 0.15) is 10.0 Å². The van der Waals surface area contributed by atoms with Crippen LogP contribution in [0.15, 0.2) is 36.4 Å². The second-order valence-electron chi connectivity index (χ2n) is 6.71. The fourth-order valence-electron chi connectivity index (χ4n) is 2.91. The molecule has 3 rings (SSSR count). The molecule has 13 heteroatoms. The topological polar surface area (TPSA) is 128 Å². The summed E-state index contributed by atoms with van der Waals surface area (Å²) in [5.41, 5.74) is -0.0554. The Morgan fingerprint density at radius 1 is 1.00 bits per heavy atom. The highest BCUT2D eigenvalue weighted by molar-refractivity contribution is 7.19. The van der Waals surface area contributed by atoms with E-state index in [2.05, 4.69) is 10.6 Å². The van der Waals surface area contributed by atoms with Crippen molar-refractivity contribution >= 4 is 80.3 Å². The number of carbonyl (C=O) groups excluding carboxylic acids is 3. The highest BCUT2D eigenvalue weighted by Gasteiger charge is 2.27. The van der Waals surface area contributed by atoms with Crippen molar-refractivity contribution in [3.8, 4) is 0 Å². The number of ether oxygens (including phenoxy) is 1. The first kappa shape index (κ1) is 25.4. The minimum absolute atomic E-state index is 0.0225. The molecule has 3 aromatic rings. The molecule has 0 saturated carbocycles. The number of anilines is 2. The summed E-state index contributed by atoms with van der Waals surface area (Å²) in [5, 5.41) is 16.7. The molecule has 0 aliphatic heterocycles. The summed E-state index contributed by atoms with van der Waals surface area (Å²) in [6.07, 6.45) is 0. The molecule has 0 atom stereocenters. The van der Waals surface area contributed by atoms with E-state index in [4.69, 9.17) is 39.5 Å². The van der Waals surface area contributed by atoms with Crippen LogP contribution in [0.2, 0.25) is 15.1 Å². The molecule has 0 radical (unpaired) electrons. The van der Waals surface area contributed by atoms with Gasteiger partial charge in [-0.2, -0.15) is 0 Å². The third-order valence-corrected chi connectivity index (χ3v) is 6.64. The van der Waals surface area contributed by atoms with Crippen LogP contribution in [0.1, 0.15) is 36.0 Å². The number of benzene rings is 2. The molecule has 0 spiro atoms. The zero-order valence-electron chi connectivity index (χ0n) is 17.4. The van der Waals surface area contributed by atoms with Gasteiger partial charge >= 0.3 is 5.97 Å². The number of amides is 2. The lowest BCUT2D eigenvalue weighted by Crippen LogP contribution is -2.14. The Morgan fingerprint density at radius 2 is 1.68 bits per heavy atom. The lowest BCUT2D eigenvalue weighted by molar-refractivity contribution is -0.384. The molecule has 0 aliphatic carbocycles. The molecule has 176 valence electrons. The van der Waals surface area contributed by atoms with Gasteiger partial charge in [-0.15, -0.1) is 11.3 Å². The fourth-order valence-corrected chi connectivity index (χ4v) is 4.52. The number of nitrogens with one attached hydrogen (secondary N) is 2. The van der Waals surface area contributed by atoms with Gasteiger partial charge in [0, 0.05) is 16.7 Å². The summed E-state index contributed by atoms with van der Waals surface area (Å²) >= 11 is 18.7. The quantitative estimate of drug-likeness (QED) is 0.216. The highest BCUT2D eigenvalue weighted by Crippen LogP contribution is 2.36. The van der Waals surface area contributed by atoms with Gasteiger partial charge in [-0.3, -0.25) is 19.7 Å². The normalized spacial score (nSPS) is 10.5. The average molecular weight is 543 g/mol. The van der Waals surface area contributed by atoms with Crippen LogP contribution < -0.4 is 10.6 Å². The molecule has 2 aromatic carbocycles. The van der Waals surface area contributed by atoms with Gasteiger partial charge in [-0.25, -0.2) is 4.79 Å². The van der Waals surface area contributed by atoms with Gasteiger partial charge in [0.05, 0.1) is 33.2 Å². The number of carbonyl (C=O) groups is 3. The fraction of sp³-hybridized carbons (Fsp3) is 0.0952. The molecule has 0 unspecified atom stereocenters. The molecular formula is C21H14Cl3N3O6S. The number of esters is 1. The third-order valence-electron chi connectivity index (χ3n) is 4.55. The number of halogens is 3. The van der Waals surface area contributed by atoms with Crippen molar-refractivity contribution in [3.63, 3.8) is 0 Å². The van der Waals surface area contributed by atoms with Crippen molar-refractivity contribution in [1.29, 1.82) is 0 Å². The maximum atomic E-state index is 12.9. The van der Waals surface area contributed by atoms with Crippen LogP contribution in [0.3, 0.4) is 0 Å². The molecule has 2 amide bonds. The van der Waals surface area contributed by atoms with E-state index in [1.807, 2.05) is 0 Å². The summed E-state index contributed by atoms with van der Waals surface area (Å²) in [7, 11) is 1.15. The number of thiophene rings is 1. The van der Waals surface area contributed by atoms with Crippen LogP contribution in [0.5, 0.6) is 0 Å². The van der Waals surface area contributed by atoms with Gasteiger partial charge in [0.15, 0.2) is 0 Å². The first-order chi connectivity index (χ1) is 16.0. The van der Waals surface area contributed by atoms with E-state index in [-0.39, 0.29) is 42.3 Å². The molecule has 0 bridgehead atoms. The Hall–Kier alpha value is -3.18. The van der Waals surface area contributed by atoms with Crippen LogP contribution in [0, 0.1) is 17.0 Å². The van der Waals surface area contributed by atoms with Crippen LogP contribution in [0.4, 0.5) is 16.4 Å². The zero-order chi connectivity index (χ0) is 25.2. The standard InChI is InChI=1S/C21H14Cl3N3O6S/c1-9-16(21(30)33-2)20(26-18(28)10-3-5-13(24)15(7-10)27(31)32)34-17(9)19(29)25-14-8-11(22)4-6-12(14)23/h3-8H,1-2H3,(H,25,29)(H,26,28). The number of nitrogens with zero attached hydrogens (tertiary/aromatic N) is 1. The largest absolute Gasteiger partial charge is 0.465 e. The number of nitro benzene ring substituents is 1. The lowest BCUT2D eigenvalue weighted by atomic mass is 10.1. The molecule has 1 heterocycles. The van der Waals surface area contributed by atoms with Crippen LogP contribution in [-0.2, 0) is 4.74 Å². The predicted octanol–water partition coefficient (Wildman–Crippen LogP) is 6.22. The smallest absolute Gasteiger partial charge is 0.341 e. The van der Waals surface area contributed by atoms with E-state index in [1.165, 1.54) is 31.2 Å². The summed E-state index contributed by atoms with van der Waals surface area (Å²) < 4.78 is 4.80. The van der Waals surface area contributed by atoms with Crippen molar-refractivity contribution in [2.24, 2.45) is 0 Å². The maximum Gasteiger partial charge on any atom is 0.341 e. The number of nitro groups is 1. The minimum atomic E-state index is -0.786. The Balaban J connectivity index is 1.97. The zero-order valence-corrected chi connectivity index (χ0v) is 20.5. The third kappa shape index (κ3) is 5.31. The van der Waals surface area contributed by atoms with Crippen molar-refractivity contribution in [2.75, 3.05) is 17.7 Å². The van der Waals surface area contributed by atoms with Gasteiger partial charge < -0.3 is 15.4 Å². The number of hydrogen-bond acceptors (Lipinski definition) is 7. The first-order valence-corrected chi connectivity index (χ1v) is 11.2. The van der Waals surface area contributed by atoms with E-state index in [9.17, 15) is 24.5 Å². The summed E-state index contributed by atoms with van der Waals surface area (Å²) in [4.78, 5) is 48.6. The molecular weight excluding hydrogens is 529 g/mol. The SMILES string of the molecule is COC(=O)c1c(NC(=O)c2ccc(Cl)c([N+](=O)[O-])c2)sc(C(=O)Nc2cc(Cl)ccc2Cl)c1C. The van der Waals surface area contributed by atoms with Gasteiger partial charge in [0.2, 0.25) is 0 Å². The lowest BCUT2D eigenvalue weighted by Gasteiger charge is -2.07. The first-order valence-electron chi connectivity index (χ1n) is 9.26. The molecule has 9 nitrogen and oxygen atoms in total. The molecule has 0 aliphatic rings. The highest BCUT2D eigenvalue weighted by atomic mass is 35.5. The second kappa shape index (κ2) is 10.4. The maximum absolute atomic E-state index is 12.9. The molecule has 2 N–H and O–H groups in total. The van der Waals surface area contributed by atoms with Gasteiger partial charge in [-0.05, 0) is 42.8 Å². The van der Waals surface area contributed by atoms with Gasteiger partial charge in [0.25, 0.3) is 17.5 Å². The van der Waals surface area contributed by atoms with Crippen molar-refractivity contribution in [2.45, 2.75) is 6.92 Å².